The second-order valence-corrected chi connectivity index (χ2v) is 10.1. The van der Waals surface area contributed by atoms with Crippen LogP contribution in [0.1, 0.15) is 45.0 Å². The van der Waals surface area contributed by atoms with E-state index in [0.717, 1.165) is 21.8 Å². The molecule has 4 aromatic rings. The van der Waals surface area contributed by atoms with Gasteiger partial charge in [0, 0.05) is 5.56 Å². The van der Waals surface area contributed by atoms with Crippen molar-refractivity contribution in [2.45, 2.75) is 26.5 Å². The van der Waals surface area contributed by atoms with Crippen molar-refractivity contribution in [3.63, 3.8) is 0 Å². The molecule has 1 amide bonds. The van der Waals surface area contributed by atoms with Gasteiger partial charge in [-0.2, -0.15) is 0 Å². The maximum absolute atomic E-state index is 13.8. The molecule has 3 aromatic carbocycles. The van der Waals surface area contributed by atoms with Crippen LogP contribution >= 0.6 is 11.3 Å². The van der Waals surface area contributed by atoms with Crippen LogP contribution in [0.2, 0.25) is 0 Å². The molecular formula is C31H25FN2O6S. The molecule has 0 aliphatic carbocycles. The fourth-order valence-corrected chi connectivity index (χ4v) is 5.45. The predicted molar refractivity (Wildman–Crippen MR) is 151 cm³/mol. The first-order chi connectivity index (χ1) is 19.8. The Bertz CT molecular complexity index is 1630. The summed E-state index contributed by atoms with van der Waals surface area (Å²) in [5.74, 6) is -2.84. The highest BCUT2D eigenvalue weighted by Gasteiger charge is 2.48. The minimum atomic E-state index is -1.12. The number of amides is 1. The van der Waals surface area contributed by atoms with Gasteiger partial charge in [0.1, 0.15) is 28.8 Å². The number of thiazole rings is 1. The number of anilines is 1. The number of rotatable bonds is 8. The SMILES string of the molecule is CCOC(=O)c1sc(N2C(=O)C(=O)/C(=C(/O)c3ccc(OCc4ccccc4)cc3)C2c2ccc(F)cc2)nc1C. The number of esters is 1. The van der Waals surface area contributed by atoms with Gasteiger partial charge in [0.05, 0.1) is 23.9 Å². The number of hydrogen-bond acceptors (Lipinski definition) is 8. The lowest BCUT2D eigenvalue weighted by Gasteiger charge is -2.23. The Labute approximate surface area is 239 Å². The van der Waals surface area contributed by atoms with Gasteiger partial charge in [0.25, 0.3) is 5.78 Å². The smallest absolute Gasteiger partial charge is 0.350 e. The van der Waals surface area contributed by atoms with Crippen LogP contribution in [0.3, 0.4) is 0 Å². The third-order valence-electron chi connectivity index (χ3n) is 6.46. The number of aromatic nitrogens is 1. The number of halogens is 1. The molecule has 208 valence electrons. The van der Waals surface area contributed by atoms with E-state index in [2.05, 4.69) is 4.98 Å². The van der Waals surface area contributed by atoms with Crippen molar-refractivity contribution in [3.8, 4) is 5.75 Å². The molecule has 0 spiro atoms. The van der Waals surface area contributed by atoms with Crippen LogP contribution in [0.15, 0.2) is 84.4 Å². The van der Waals surface area contributed by atoms with Gasteiger partial charge in [-0.15, -0.1) is 0 Å². The lowest BCUT2D eigenvalue weighted by Crippen LogP contribution is -2.29. The molecule has 0 bridgehead atoms. The van der Waals surface area contributed by atoms with Crippen molar-refractivity contribution >= 4 is 39.9 Å². The topological polar surface area (TPSA) is 106 Å². The Morgan fingerprint density at radius 3 is 2.37 bits per heavy atom. The second kappa shape index (κ2) is 11.7. The van der Waals surface area contributed by atoms with E-state index >= 15 is 0 Å². The largest absolute Gasteiger partial charge is 0.507 e. The number of aryl methyl sites for hydroxylation is 1. The van der Waals surface area contributed by atoms with Crippen molar-refractivity contribution in [1.82, 2.24) is 4.98 Å². The van der Waals surface area contributed by atoms with E-state index in [-0.39, 0.29) is 27.8 Å². The summed E-state index contributed by atoms with van der Waals surface area (Å²) >= 11 is 0.900. The molecule has 10 heteroatoms. The summed E-state index contributed by atoms with van der Waals surface area (Å²) in [6.07, 6.45) is 0. The first-order valence-corrected chi connectivity index (χ1v) is 13.6. The monoisotopic (exact) mass is 572 g/mol. The Kier molecular flexibility index (Phi) is 7.93. The molecule has 1 aliphatic rings. The van der Waals surface area contributed by atoms with E-state index in [1.165, 1.54) is 24.3 Å². The Morgan fingerprint density at radius 2 is 1.71 bits per heavy atom. The summed E-state index contributed by atoms with van der Waals surface area (Å²) in [6.45, 7) is 3.77. The van der Waals surface area contributed by atoms with E-state index in [4.69, 9.17) is 9.47 Å². The van der Waals surface area contributed by atoms with E-state index in [1.54, 1.807) is 38.1 Å². The van der Waals surface area contributed by atoms with Gasteiger partial charge in [0.15, 0.2) is 5.13 Å². The Morgan fingerprint density at radius 1 is 1.02 bits per heavy atom. The zero-order valence-corrected chi connectivity index (χ0v) is 23.0. The summed E-state index contributed by atoms with van der Waals surface area (Å²) in [4.78, 5) is 44.9. The number of benzene rings is 3. The molecule has 41 heavy (non-hydrogen) atoms. The standard InChI is InChI=1S/C31H25FN2O6S/c1-3-39-30(38)28-18(2)33-31(41-28)34-25(20-9-13-22(32)14-10-20)24(27(36)29(34)37)26(35)21-11-15-23(16-12-21)40-17-19-7-5-4-6-8-19/h4-16,25,35H,3,17H2,1-2H3/b26-24+. The number of carbonyl (C=O) groups is 3. The van der Waals surface area contributed by atoms with E-state index < -0.39 is 35.3 Å². The van der Waals surface area contributed by atoms with Gasteiger partial charge in [-0.1, -0.05) is 53.8 Å². The van der Waals surface area contributed by atoms with Crippen LogP contribution in [0, 0.1) is 12.7 Å². The van der Waals surface area contributed by atoms with Crippen molar-refractivity contribution in [2.75, 3.05) is 11.5 Å². The maximum atomic E-state index is 13.8. The van der Waals surface area contributed by atoms with E-state index in [9.17, 15) is 23.9 Å². The average molecular weight is 573 g/mol. The van der Waals surface area contributed by atoms with E-state index in [0.29, 0.717) is 23.6 Å². The van der Waals surface area contributed by atoms with Crippen LogP contribution in [0.4, 0.5) is 9.52 Å². The van der Waals surface area contributed by atoms with Crippen molar-refractivity contribution in [3.05, 3.63) is 118 Å². The van der Waals surface area contributed by atoms with Crippen molar-refractivity contribution in [1.29, 1.82) is 0 Å². The number of aliphatic hydroxyl groups excluding tert-OH is 1. The molecule has 1 aliphatic heterocycles. The summed E-state index contributed by atoms with van der Waals surface area (Å²) < 4.78 is 24.7. The van der Waals surface area contributed by atoms with Gasteiger partial charge in [-0.05, 0) is 61.4 Å². The molecule has 0 radical (unpaired) electrons. The fourth-order valence-electron chi connectivity index (χ4n) is 4.47. The van der Waals surface area contributed by atoms with Crippen LogP contribution < -0.4 is 9.64 Å². The minimum absolute atomic E-state index is 0.0747. The lowest BCUT2D eigenvalue weighted by molar-refractivity contribution is -0.132. The van der Waals surface area contributed by atoms with Gasteiger partial charge < -0.3 is 14.6 Å². The number of hydrogen-bond donors (Lipinski definition) is 1. The molecule has 0 saturated carbocycles. The average Bonchev–Trinajstić information content (AvgIpc) is 3.49. The normalized spacial score (nSPS) is 16.2. The van der Waals surface area contributed by atoms with Gasteiger partial charge in [0.2, 0.25) is 0 Å². The van der Waals surface area contributed by atoms with Gasteiger partial charge in [-0.3, -0.25) is 14.5 Å². The van der Waals surface area contributed by atoms with Gasteiger partial charge >= 0.3 is 11.9 Å². The number of carbonyl (C=O) groups excluding carboxylic acids is 3. The summed E-state index contributed by atoms with van der Waals surface area (Å²) in [7, 11) is 0. The molecule has 1 fully saturated rings. The predicted octanol–water partition coefficient (Wildman–Crippen LogP) is 5.97. The Balaban J connectivity index is 1.53. The summed E-state index contributed by atoms with van der Waals surface area (Å²) in [5.41, 5.74) is 1.78. The molecule has 2 heterocycles. The quantitative estimate of drug-likeness (QED) is 0.120. The van der Waals surface area contributed by atoms with Crippen LogP contribution in [-0.2, 0) is 20.9 Å². The molecule has 1 atom stereocenters. The highest BCUT2D eigenvalue weighted by Crippen LogP contribution is 2.44. The van der Waals surface area contributed by atoms with Crippen LogP contribution in [-0.4, -0.2) is 34.4 Å². The third-order valence-corrected chi connectivity index (χ3v) is 7.60. The number of aliphatic hydroxyl groups is 1. The summed E-state index contributed by atoms with van der Waals surface area (Å²) in [6, 6.07) is 20.2. The zero-order chi connectivity index (χ0) is 29.1. The Hall–Kier alpha value is -4.83. The molecule has 1 aromatic heterocycles. The minimum Gasteiger partial charge on any atom is -0.507 e. The van der Waals surface area contributed by atoms with Crippen molar-refractivity contribution < 1.29 is 33.4 Å². The number of Topliss-reactive ketones (excluding diaryl/α,β-unsaturated/α-hetero) is 1. The number of ether oxygens (including phenoxy) is 2. The molecule has 5 rings (SSSR count). The van der Waals surface area contributed by atoms with Crippen molar-refractivity contribution in [2.24, 2.45) is 0 Å². The van der Waals surface area contributed by atoms with Crippen LogP contribution in [0.5, 0.6) is 5.75 Å². The highest BCUT2D eigenvalue weighted by atomic mass is 32.1. The molecular weight excluding hydrogens is 547 g/mol. The number of nitrogens with zero attached hydrogens (tertiary/aromatic N) is 2. The lowest BCUT2D eigenvalue weighted by atomic mass is 9.95. The molecule has 8 nitrogen and oxygen atoms in total. The second-order valence-electron chi connectivity index (χ2n) is 9.15. The maximum Gasteiger partial charge on any atom is 0.350 e. The first-order valence-electron chi connectivity index (χ1n) is 12.8. The number of ketones is 1. The third kappa shape index (κ3) is 5.59. The van der Waals surface area contributed by atoms with E-state index in [1.807, 2.05) is 30.3 Å². The fraction of sp³-hybridized carbons (Fsp3) is 0.161. The zero-order valence-electron chi connectivity index (χ0n) is 22.2. The molecule has 1 N–H and O–H groups in total. The van der Waals surface area contributed by atoms with Crippen LogP contribution in [0.25, 0.3) is 5.76 Å². The molecule has 1 saturated heterocycles. The first kappa shape index (κ1) is 27.7. The van der Waals surface area contributed by atoms with Gasteiger partial charge in [-0.25, -0.2) is 14.2 Å². The molecule has 1 unspecified atom stereocenters. The highest BCUT2D eigenvalue weighted by molar-refractivity contribution is 7.17. The summed E-state index contributed by atoms with van der Waals surface area (Å²) in [5, 5.41) is 11.4.